The van der Waals surface area contributed by atoms with E-state index in [1.807, 2.05) is 32.0 Å². The number of anilines is 1. The van der Waals surface area contributed by atoms with Gasteiger partial charge in [-0.2, -0.15) is 0 Å². The van der Waals surface area contributed by atoms with Gasteiger partial charge in [0.2, 0.25) is 5.91 Å². The van der Waals surface area contributed by atoms with Crippen molar-refractivity contribution in [1.82, 2.24) is 14.8 Å². The van der Waals surface area contributed by atoms with Gasteiger partial charge in [-0.25, -0.2) is 9.37 Å². The topological polar surface area (TPSA) is 48.5 Å². The minimum absolute atomic E-state index is 0.0362. The summed E-state index contributed by atoms with van der Waals surface area (Å²) in [6.45, 7) is 8.82. The van der Waals surface area contributed by atoms with E-state index < -0.39 is 0 Å². The molecule has 2 aromatic carbocycles. The van der Waals surface area contributed by atoms with Gasteiger partial charge in [-0.05, 0) is 62.7 Å². The Morgan fingerprint density at radius 1 is 1.10 bits per heavy atom. The van der Waals surface area contributed by atoms with E-state index in [1.54, 1.807) is 23.5 Å². The molecule has 1 aliphatic heterocycles. The lowest BCUT2D eigenvalue weighted by Crippen LogP contribution is -2.36. The van der Waals surface area contributed by atoms with Crippen LogP contribution in [0.25, 0.3) is 10.2 Å². The lowest BCUT2D eigenvalue weighted by molar-refractivity contribution is -0.117. The molecule has 158 valence electrons. The van der Waals surface area contributed by atoms with Crippen molar-refractivity contribution in [3.05, 3.63) is 58.3 Å². The lowest BCUT2D eigenvalue weighted by atomic mass is 10.1. The van der Waals surface area contributed by atoms with Crippen molar-refractivity contribution in [3.63, 3.8) is 0 Å². The molecule has 4 rings (SSSR count). The van der Waals surface area contributed by atoms with E-state index in [9.17, 15) is 9.18 Å². The molecule has 0 bridgehead atoms. The van der Waals surface area contributed by atoms with Crippen LogP contribution < -0.4 is 5.32 Å². The van der Waals surface area contributed by atoms with Gasteiger partial charge in [0, 0.05) is 18.8 Å². The van der Waals surface area contributed by atoms with Crippen LogP contribution in [0.15, 0.2) is 36.4 Å². The van der Waals surface area contributed by atoms with Gasteiger partial charge in [0.1, 0.15) is 10.8 Å². The van der Waals surface area contributed by atoms with Gasteiger partial charge in [0.05, 0.1) is 23.3 Å². The van der Waals surface area contributed by atoms with E-state index in [-0.39, 0.29) is 11.7 Å². The van der Waals surface area contributed by atoms with Crippen molar-refractivity contribution >= 4 is 33.1 Å². The van der Waals surface area contributed by atoms with Gasteiger partial charge in [0.25, 0.3) is 0 Å². The maximum Gasteiger partial charge on any atom is 0.238 e. The standard InChI is InChI=1S/C23H27FN4OS/c1-16-5-3-6-17(2)23(16)26-21(29)14-27-9-4-10-28(12-11-27)15-22-25-19-8-7-18(24)13-20(19)30-22/h3,5-8,13H,4,9-12,14-15H2,1-2H3,(H,26,29). The maximum absolute atomic E-state index is 13.4. The third-order valence-electron chi connectivity index (χ3n) is 5.55. The molecule has 1 N–H and O–H groups in total. The molecule has 1 saturated heterocycles. The Bertz CT molecular complexity index is 1030. The predicted octanol–water partition coefficient (Wildman–Crippen LogP) is 4.20. The second-order valence-electron chi connectivity index (χ2n) is 7.94. The molecular formula is C23H27FN4OS. The molecule has 1 aliphatic rings. The molecule has 7 heteroatoms. The van der Waals surface area contributed by atoms with Crippen LogP contribution in [0.1, 0.15) is 22.6 Å². The summed E-state index contributed by atoms with van der Waals surface area (Å²) in [5, 5.41) is 4.09. The minimum Gasteiger partial charge on any atom is -0.324 e. The number of hydrogen-bond acceptors (Lipinski definition) is 5. The molecule has 5 nitrogen and oxygen atoms in total. The fraction of sp³-hybridized carbons (Fsp3) is 0.391. The highest BCUT2D eigenvalue weighted by molar-refractivity contribution is 7.18. The molecule has 0 unspecified atom stereocenters. The Morgan fingerprint density at radius 2 is 1.83 bits per heavy atom. The molecule has 1 amide bonds. The molecule has 0 saturated carbocycles. The van der Waals surface area contributed by atoms with Crippen LogP contribution in [0.4, 0.5) is 10.1 Å². The number of para-hydroxylation sites is 1. The van der Waals surface area contributed by atoms with Gasteiger partial charge in [-0.1, -0.05) is 18.2 Å². The van der Waals surface area contributed by atoms with E-state index in [0.717, 1.165) is 71.2 Å². The summed E-state index contributed by atoms with van der Waals surface area (Å²) in [4.78, 5) is 21.8. The molecule has 0 radical (unpaired) electrons. The largest absolute Gasteiger partial charge is 0.324 e. The number of nitrogens with one attached hydrogen (secondary N) is 1. The summed E-state index contributed by atoms with van der Waals surface area (Å²) >= 11 is 1.56. The highest BCUT2D eigenvalue weighted by Crippen LogP contribution is 2.24. The normalized spacial score (nSPS) is 16.0. The van der Waals surface area contributed by atoms with Crippen LogP contribution in [-0.2, 0) is 11.3 Å². The SMILES string of the molecule is Cc1cccc(C)c1NC(=O)CN1CCCN(Cc2nc3ccc(F)cc3s2)CC1. The highest BCUT2D eigenvalue weighted by Gasteiger charge is 2.19. The number of nitrogens with zero attached hydrogens (tertiary/aromatic N) is 3. The summed E-state index contributed by atoms with van der Waals surface area (Å²) in [5.41, 5.74) is 3.95. The number of aryl methyl sites for hydroxylation is 2. The zero-order valence-corrected chi connectivity index (χ0v) is 18.3. The fourth-order valence-electron chi connectivity index (χ4n) is 3.94. The summed E-state index contributed by atoms with van der Waals surface area (Å²) in [6.07, 6.45) is 1.01. The predicted molar refractivity (Wildman–Crippen MR) is 120 cm³/mol. The van der Waals surface area contributed by atoms with Gasteiger partial charge >= 0.3 is 0 Å². The molecular weight excluding hydrogens is 399 g/mol. The number of thiazole rings is 1. The van der Waals surface area contributed by atoms with E-state index in [4.69, 9.17) is 0 Å². The molecule has 30 heavy (non-hydrogen) atoms. The van der Waals surface area contributed by atoms with Gasteiger partial charge in [0.15, 0.2) is 0 Å². The van der Waals surface area contributed by atoms with E-state index in [1.165, 1.54) is 6.07 Å². The molecule has 0 aliphatic carbocycles. The van der Waals surface area contributed by atoms with Gasteiger partial charge < -0.3 is 5.32 Å². The Morgan fingerprint density at radius 3 is 2.63 bits per heavy atom. The zero-order chi connectivity index (χ0) is 21.1. The van der Waals surface area contributed by atoms with E-state index in [2.05, 4.69) is 20.1 Å². The number of halogens is 1. The summed E-state index contributed by atoms with van der Waals surface area (Å²) in [7, 11) is 0. The van der Waals surface area contributed by atoms with Crippen molar-refractivity contribution in [2.75, 3.05) is 38.0 Å². The summed E-state index contributed by atoms with van der Waals surface area (Å²) < 4.78 is 14.3. The third-order valence-corrected chi connectivity index (χ3v) is 6.55. The molecule has 1 aromatic heterocycles. The Labute approximate surface area is 180 Å². The number of rotatable bonds is 5. The Balaban J connectivity index is 1.31. The maximum atomic E-state index is 13.4. The number of amides is 1. The first-order valence-corrected chi connectivity index (χ1v) is 11.2. The van der Waals surface area contributed by atoms with Gasteiger partial charge in [-0.3, -0.25) is 14.6 Å². The number of fused-ring (bicyclic) bond motifs is 1. The zero-order valence-electron chi connectivity index (χ0n) is 17.4. The summed E-state index contributed by atoms with van der Waals surface area (Å²) in [6, 6.07) is 10.8. The van der Waals surface area contributed by atoms with Crippen molar-refractivity contribution in [3.8, 4) is 0 Å². The van der Waals surface area contributed by atoms with Crippen LogP contribution in [-0.4, -0.2) is 53.4 Å². The number of carbonyl (C=O) groups excluding carboxylic acids is 1. The number of benzene rings is 2. The van der Waals surface area contributed by atoms with Crippen molar-refractivity contribution in [2.24, 2.45) is 0 Å². The van der Waals surface area contributed by atoms with Crippen molar-refractivity contribution in [1.29, 1.82) is 0 Å². The molecule has 3 aromatic rings. The third kappa shape index (κ3) is 5.03. The molecule has 0 spiro atoms. The van der Waals surface area contributed by atoms with Crippen molar-refractivity contribution < 1.29 is 9.18 Å². The quantitative estimate of drug-likeness (QED) is 0.664. The molecule has 1 fully saturated rings. The first-order chi connectivity index (χ1) is 14.5. The second kappa shape index (κ2) is 9.20. The Kier molecular flexibility index (Phi) is 6.41. The highest BCUT2D eigenvalue weighted by atomic mass is 32.1. The first kappa shape index (κ1) is 20.9. The molecule has 2 heterocycles. The number of carbonyl (C=O) groups is 1. The average molecular weight is 427 g/mol. The van der Waals surface area contributed by atoms with Crippen molar-refractivity contribution in [2.45, 2.75) is 26.8 Å². The Hall–Kier alpha value is -2.35. The lowest BCUT2D eigenvalue weighted by Gasteiger charge is -2.21. The minimum atomic E-state index is -0.220. The monoisotopic (exact) mass is 426 g/mol. The first-order valence-electron chi connectivity index (χ1n) is 10.3. The van der Waals surface area contributed by atoms with Crippen LogP contribution in [0.5, 0.6) is 0 Å². The number of aromatic nitrogens is 1. The van der Waals surface area contributed by atoms with Crippen LogP contribution in [0.2, 0.25) is 0 Å². The molecule has 0 atom stereocenters. The van der Waals surface area contributed by atoms with Gasteiger partial charge in [-0.15, -0.1) is 11.3 Å². The van der Waals surface area contributed by atoms with E-state index >= 15 is 0 Å². The summed E-state index contributed by atoms with van der Waals surface area (Å²) in [5.74, 6) is -0.184. The van der Waals surface area contributed by atoms with Crippen LogP contribution in [0, 0.1) is 19.7 Å². The smallest absolute Gasteiger partial charge is 0.238 e. The fourth-order valence-corrected chi connectivity index (χ4v) is 4.97. The second-order valence-corrected chi connectivity index (χ2v) is 9.06. The van der Waals surface area contributed by atoms with Crippen LogP contribution in [0.3, 0.4) is 0 Å². The average Bonchev–Trinajstić information content (AvgIpc) is 2.96. The van der Waals surface area contributed by atoms with E-state index in [0.29, 0.717) is 6.54 Å². The number of hydrogen-bond donors (Lipinski definition) is 1. The van der Waals surface area contributed by atoms with Crippen LogP contribution >= 0.6 is 11.3 Å².